The highest BCUT2D eigenvalue weighted by atomic mass is 79.9. The van der Waals surface area contributed by atoms with Crippen LogP contribution in [0.5, 0.6) is 5.75 Å². The summed E-state index contributed by atoms with van der Waals surface area (Å²) in [6.45, 7) is 3.69. The molecule has 0 fully saturated rings. The van der Waals surface area contributed by atoms with Gasteiger partial charge in [-0.2, -0.15) is 0 Å². The van der Waals surface area contributed by atoms with Gasteiger partial charge >= 0.3 is 0 Å². The van der Waals surface area contributed by atoms with Gasteiger partial charge in [-0.25, -0.2) is 4.39 Å². The molecule has 0 aliphatic heterocycles. The van der Waals surface area contributed by atoms with Crippen LogP contribution < -0.4 is 10.5 Å². The second-order valence-electron chi connectivity index (χ2n) is 4.42. The smallest absolute Gasteiger partial charge is 0.171 e. The minimum Gasteiger partial charge on any atom is -0.481 e. The predicted octanol–water partition coefficient (Wildman–Crippen LogP) is 3.96. The van der Waals surface area contributed by atoms with Crippen LogP contribution in [0.2, 0.25) is 0 Å². The summed E-state index contributed by atoms with van der Waals surface area (Å²) in [5, 5.41) is 0. The van der Waals surface area contributed by atoms with Crippen LogP contribution in [-0.2, 0) is 0 Å². The molecule has 0 aliphatic rings. The van der Waals surface area contributed by atoms with Crippen molar-refractivity contribution >= 4 is 15.9 Å². The number of benzene rings is 1. The Bertz CT molecular complexity index is 568. The zero-order valence-corrected chi connectivity index (χ0v) is 12.3. The van der Waals surface area contributed by atoms with Crippen LogP contribution in [0.4, 0.5) is 4.39 Å². The van der Waals surface area contributed by atoms with Crippen molar-refractivity contribution < 1.29 is 13.5 Å². The average molecular weight is 328 g/mol. The number of furan rings is 1. The predicted molar refractivity (Wildman–Crippen MR) is 74.6 cm³/mol. The van der Waals surface area contributed by atoms with Gasteiger partial charge in [-0.1, -0.05) is 0 Å². The molecule has 0 saturated carbocycles. The Hall–Kier alpha value is -1.33. The summed E-state index contributed by atoms with van der Waals surface area (Å²) in [4.78, 5) is 0. The minimum atomic E-state index is -0.411. The number of hydrogen-bond donors (Lipinski definition) is 1. The van der Waals surface area contributed by atoms with E-state index >= 15 is 0 Å². The fourth-order valence-corrected chi connectivity index (χ4v) is 2.09. The van der Waals surface area contributed by atoms with Gasteiger partial charge in [0.05, 0.1) is 4.47 Å². The van der Waals surface area contributed by atoms with Gasteiger partial charge in [-0.15, -0.1) is 0 Å². The number of ether oxygens (including phenoxy) is 1. The molecule has 2 unspecified atom stereocenters. The molecular weight excluding hydrogens is 313 g/mol. The van der Waals surface area contributed by atoms with E-state index in [0.29, 0.717) is 16.0 Å². The number of hydrogen-bond acceptors (Lipinski definition) is 3. The van der Waals surface area contributed by atoms with Crippen LogP contribution in [0.1, 0.15) is 24.5 Å². The molecule has 0 bridgehead atoms. The lowest BCUT2D eigenvalue weighted by molar-refractivity contribution is 0.151. The second-order valence-corrected chi connectivity index (χ2v) is 5.28. The van der Waals surface area contributed by atoms with E-state index in [-0.39, 0.29) is 11.9 Å². The first-order valence-electron chi connectivity index (χ1n) is 5.91. The standard InChI is InChI=1S/C14H15BrFNO2/c1-8-3-6-13(18-8)14(9(2)17)19-10-4-5-12(16)11(15)7-10/h3-7,9,14H,17H2,1-2H3. The Labute approximate surface area is 119 Å². The zero-order chi connectivity index (χ0) is 14.0. The van der Waals surface area contributed by atoms with E-state index in [2.05, 4.69) is 15.9 Å². The van der Waals surface area contributed by atoms with Crippen molar-refractivity contribution in [1.82, 2.24) is 0 Å². The molecule has 2 rings (SSSR count). The molecule has 0 spiro atoms. The van der Waals surface area contributed by atoms with E-state index < -0.39 is 6.10 Å². The monoisotopic (exact) mass is 327 g/mol. The van der Waals surface area contributed by atoms with E-state index in [4.69, 9.17) is 14.9 Å². The highest BCUT2D eigenvalue weighted by molar-refractivity contribution is 9.10. The average Bonchev–Trinajstić information content (AvgIpc) is 2.76. The Morgan fingerprint density at radius 3 is 2.58 bits per heavy atom. The summed E-state index contributed by atoms with van der Waals surface area (Å²) in [5.74, 6) is 1.65. The van der Waals surface area contributed by atoms with E-state index in [1.54, 1.807) is 12.1 Å². The molecule has 0 aliphatic carbocycles. The fraction of sp³-hybridized carbons (Fsp3) is 0.286. The molecule has 0 amide bonds. The van der Waals surface area contributed by atoms with Crippen molar-refractivity contribution in [3.05, 3.63) is 52.1 Å². The largest absolute Gasteiger partial charge is 0.481 e. The summed E-state index contributed by atoms with van der Waals surface area (Å²) in [7, 11) is 0. The molecular formula is C14H15BrFNO2. The number of nitrogens with two attached hydrogens (primary N) is 1. The molecule has 102 valence electrons. The zero-order valence-electron chi connectivity index (χ0n) is 10.7. The summed E-state index contributed by atoms with van der Waals surface area (Å²) in [6, 6.07) is 7.90. The van der Waals surface area contributed by atoms with E-state index in [0.717, 1.165) is 5.76 Å². The molecule has 0 saturated heterocycles. The first-order chi connectivity index (χ1) is 8.97. The van der Waals surface area contributed by atoms with E-state index in [1.807, 2.05) is 26.0 Å². The Kier molecular flexibility index (Phi) is 4.27. The Morgan fingerprint density at radius 1 is 1.32 bits per heavy atom. The fourth-order valence-electron chi connectivity index (χ4n) is 1.73. The van der Waals surface area contributed by atoms with Crippen LogP contribution in [0.25, 0.3) is 0 Å². The molecule has 1 aromatic carbocycles. The first kappa shape index (κ1) is 14.1. The van der Waals surface area contributed by atoms with E-state index in [1.165, 1.54) is 6.07 Å². The molecule has 1 heterocycles. The highest BCUT2D eigenvalue weighted by Gasteiger charge is 2.22. The van der Waals surface area contributed by atoms with Crippen molar-refractivity contribution in [2.24, 2.45) is 5.73 Å². The molecule has 0 radical (unpaired) electrons. The van der Waals surface area contributed by atoms with Gasteiger partial charge in [0, 0.05) is 6.04 Å². The summed E-state index contributed by atoms with van der Waals surface area (Å²) < 4.78 is 24.9. The third kappa shape index (κ3) is 3.36. The topological polar surface area (TPSA) is 48.4 Å². The van der Waals surface area contributed by atoms with Gasteiger partial charge in [0.2, 0.25) is 0 Å². The molecule has 2 N–H and O–H groups in total. The molecule has 19 heavy (non-hydrogen) atoms. The summed E-state index contributed by atoms with van der Waals surface area (Å²) in [5.41, 5.74) is 5.92. The van der Waals surface area contributed by atoms with Crippen molar-refractivity contribution in [2.75, 3.05) is 0 Å². The van der Waals surface area contributed by atoms with Crippen LogP contribution in [-0.4, -0.2) is 6.04 Å². The van der Waals surface area contributed by atoms with Gasteiger partial charge in [0.15, 0.2) is 6.10 Å². The summed E-state index contributed by atoms with van der Waals surface area (Å²) in [6.07, 6.45) is -0.411. The van der Waals surface area contributed by atoms with Gasteiger partial charge in [0.1, 0.15) is 23.1 Å². The minimum absolute atomic E-state index is 0.255. The lowest BCUT2D eigenvalue weighted by Gasteiger charge is -2.20. The lowest BCUT2D eigenvalue weighted by atomic mass is 10.1. The first-order valence-corrected chi connectivity index (χ1v) is 6.70. The van der Waals surface area contributed by atoms with Gasteiger partial charge < -0.3 is 14.9 Å². The third-order valence-corrected chi connectivity index (χ3v) is 3.28. The second kappa shape index (κ2) is 5.75. The van der Waals surface area contributed by atoms with E-state index in [9.17, 15) is 4.39 Å². The molecule has 2 atom stereocenters. The maximum absolute atomic E-state index is 13.2. The van der Waals surface area contributed by atoms with Crippen molar-refractivity contribution in [3.63, 3.8) is 0 Å². The van der Waals surface area contributed by atoms with Gasteiger partial charge in [-0.3, -0.25) is 0 Å². The molecule has 3 nitrogen and oxygen atoms in total. The van der Waals surface area contributed by atoms with Crippen molar-refractivity contribution in [1.29, 1.82) is 0 Å². The van der Waals surface area contributed by atoms with Crippen molar-refractivity contribution in [3.8, 4) is 5.75 Å². The molecule has 5 heteroatoms. The number of aryl methyl sites for hydroxylation is 1. The van der Waals surface area contributed by atoms with Crippen LogP contribution in [0, 0.1) is 12.7 Å². The number of rotatable bonds is 4. The maximum Gasteiger partial charge on any atom is 0.171 e. The van der Waals surface area contributed by atoms with Gasteiger partial charge in [0.25, 0.3) is 0 Å². The summed E-state index contributed by atoms with van der Waals surface area (Å²) >= 11 is 3.12. The molecule has 2 aromatic rings. The lowest BCUT2D eigenvalue weighted by Crippen LogP contribution is -2.28. The Balaban J connectivity index is 2.23. The third-order valence-electron chi connectivity index (χ3n) is 2.67. The SMILES string of the molecule is Cc1ccc(C(Oc2ccc(F)c(Br)c2)C(C)N)o1. The Morgan fingerprint density at radius 2 is 2.05 bits per heavy atom. The van der Waals surface area contributed by atoms with Gasteiger partial charge in [-0.05, 0) is 60.1 Å². The quantitative estimate of drug-likeness (QED) is 0.924. The maximum atomic E-state index is 13.2. The highest BCUT2D eigenvalue weighted by Crippen LogP contribution is 2.28. The van der Waals surface area contributed by atoms with Crippen LogP contribution in [0.3, 0.4) is 0 Å². The normalized spacial score (nSPS) is 14.2. The molecule has 1 aromatic heterocycles. The van der Waals surface area contributed by atoms with Crippen molar-refractivity contribution in [2.45, 2.75) is 26.0 Å². The van der Waals surface area contributed by atoms with Crippen LogP contribution in [0.15, 0.2) is 39.2 Å². The number of halogens is 2. The van der Waals surface area contributed by atoms with Crippen LogP contribution >= 0.6 is 15.9 Å².